The van der Waals surface area contributed by atoms with Crippen LogP contribution in [-0.2, 0) is 0 Å². The molecule has 0 bridgehead atoms. The van der Waals surface area contributed by atoms with Gasteiger partial charge < -0.3 is 0 Å². The largest absolute Gasteiger partial charge is 0.222 e. The van der Waals surface area contributed by atoms with E-state index >= 15 is 0 Å². The van der Waals surface area contributed by atoms with E-state index in [1.165, 1.54) is 0 Å². The van der Waals surface area contributed by atoms with Gasteiger partial charge in [0.2, 0.25) is 0 Å². The highest BCUT2D eigenvalue weighted by Crippen LogP contribution is 2.44. The van der Waals surface area contributed by atoms with Gasteiger partial charge in [-0.3, -0.25) is 0 Å². The normalized spacial score (nSPS) is 12.2. The molecule has 6 aromatic heterocycles. The van der Waals surface area contributed by atoms with E-state index in [2.05, 4.69) is 0 Å². The molecular weight excluding hydrogens is 451 g/mol. The molecule has 0 N–H and O–H groups in total. The molecule has 128 valence electrons. The van der Waals surface area contributed by atoms with Gasteiger partial charge >= 0.3 is 0 Å². The Morgan fingerprint density at radius 2 is 0.962 bits per heavy atom. The third-order valence-corrected chi connectivity index (χ3v) is 10.3. The smallest absolute Gasteiger partial charge is 0.178 e. The zero-order valence-electron chi connectivity index (χ0n) is 12.4. The summed E-state index contributed by atoms with van der Waals surface area (Å²) in [6.07, 6.45) is 0. The lowest BCUT2D eigenvalue weighted by atomic mass is 10.4. The Kier molecular flexibility index (Phi) is 3.39. The molecule has 0 atom stereocenters. The second kappa shape index (κ2) is 5.60. The van der Waals surface area contributed by atoms with Crippen molar-refractivity contribution in [2.24, 2.45) is 0 Å². The molecule has 0 saturated carbocycles. The highest BCUT2D eigenvalue weighted by Gasteiger charge is 2.17. The van der Waals surface area contributed by atoms with E-state index in [1.807, 2.05) is 12.1 Å². The summed E-state index contributed by atoms with van der Waals surface area (Å²) >= 11 is 8.56. The number of nitrogens with zero attached hydrogens (tertiary/aromatic N) is 2. The maximum atomic E-state index is 13.3. The average Bonchev–Trinajstić information content (AvgIpc) is 3.30. The van der Waals surface area contributed by atoms with E-state index in [0.29, 0.717) is 0 Å². The Hall–Kier alpha value is -1.30. The SMILES string of the molecule is Fc1cc2sc(-c3nc4sc(-c5cc6sc(F)cc6s5)nc4s3)cc2s1. The lowest BCUT2D eigenvalue weighted by Gasteiger charge is -1.88. The Labute approximate surface area is 168 Å². The predicted molar refractivity (Wildman–Crippen MR) is 113 cm³/mol. The maximum absolute atomic E-state index is 13.3. The van der Waals surface area contributed by atoms with Crippen LogP contribution >= 0.6 is 68.0 Å². The third-order valence-electron chi connectivity index (χ3n) is 3.75. The first-order chi connectivity index (χ1) is 12.6. The van der Waals surface area contributed by atoms with E-state index in [4.69, 9.17) is 9.97 Å². The summed E-state index contributed by atoms with van der Waals surface area (Å²) in [6.45, 7) is 0. The van der Waals surface area contributed by atoms with Gasteiger partial charge in [0.25, 0.3) is 0 Å². The van der Waals surface area contributed by atoms with Crippen LogP contribution in [0, 0.1) is 10.3 Å². The molecule has 0 aliphatic heterocycles. The molecule has 0 amide bonds. The molecule has 6 heterocycles. The molecule has 10 heteroatoms. The number of fused-ring (bicyclic) bond motifs is 3. The van der Waals surface area contributed by atoms with Crippen LogP contribution in [-0.4, -0.2) is 9.97 Å². The van der Waals surface area contributed by atoms with Crippen molar-refractivity contribution in [2.75, 3.05) is 0 Å². The van der Waals surface area contributed by atoms with Crippen LogP contribution in [0.5, 0.6) is 0 Å². The van der Waals surface area contributed by atoms with Crippen molar-refractivity contribution >= 4 is 96.5 Å². The highest BCUT2D eigenvalue weighted by molar-refractivity contribution is 7.35. The molecule has 0 aromatic carbocycles. The van der Waals surface area contributed by atoms with Crippen molar-refractivity contribution < 1.29 is 8.78 Å². The molecule has 6 rings (SSSR count). The molecule has 2 nitrogen and oxygen atoms in total. The van der Waals surface area contributed by atoms with Crippen LogP contribution in [0.25, 0.3) is 48.2 Å². The van der Waals surface area contributed by atoms with Gasteiger partial charge in [-0.15, -0.1) is 45.3 Å². The molecule has 0 unspecified atom stereocenters. The van der Waals surface area contributed by atoms with Crippen molar-refractivity contribution in [3.05, 3.63) is 34.5 Å². The average molecular weight is 455 g/mol. The minimum Gasteiger partial charge on any atom is -0.222 e. The van der Waals surface area contributed by atoms with Crippen molar-refractivity contribution in [2.45, 2.75) is 0 Å². The van der Waals surface area contributed by atoms with Crippen molar-refractivity contribution in [1.29, 1.82) is 0 Å². The van der Waals surface area contributed by atoms with E-state index in [-0.39, 0.29) is 10.3 Å². The molecule has 0 spiro atoms. The summed E-state index contributed by atoms with van der Waals surface area (Å²) in [5.74, 6) is 0. The first kappa shape index (κ1) is 15.7. The van der Waals surface area contributed by atoms with Gasteiger partial charge in [-0.25, -0.2) is 9.97 Å². The summed E-state index contributed by atoms with van der Waals surface area (Å²) in [5.41, 5.74) is 0. The fourth-order valence-corrected chi connectivity index (χ4v) is 9.02. The van der Waals surface area contributed by atoms with Crippen LogP contribution in [0.4, 0.5) is 8.78 Å². The monoisotopic (exact) mass is 454 g/mol. The fourth-order valence-electron chi connectivity index (χ4n) is 2.68. The molecule has 0 aliphatic rings. The van der Waals surface area contributed by atoms with Crippen molar-refractivity contribution in [3.8, 4) is 19.8 Å². The lowest BCUT2D eigenvalue weighted by Crippen LogP contribution is -1.67. The summed E-state index contributed by atoms with van der Waals surface area (Å²) in [4.78, 5) is 13.4. The van der Waals surface area contributed by atoms with Crippen LogP contribution < -0.4 is 0 Å². The van der Waals surface area contributed by atoms with Gasteiger partial charge in [-0.05, 0) is 12.1 Å². The van der Waals surface area contributed by atoms with E-state index in [9.17, 15) is 8.78 Å². The Balaban J connectivity index is 1.41. The topological polar surface area (TPSA) is 25.8 Å². The third kappa shape index (κ3) is 2.40. The Morgan fingerprint density at radius 1 is 0.538 bits per heavy atom. The summed E-state index contributed by atoms with van der Waals surface area (Å²) in [7, 11) is 0. The van der Waals surface area contributed by atoms with Crippen LogP contribution in [0.2, 0.25) is 0 Å². The summed E-state index contributed by atoms with van der Waals surface area (Å²) in [5, 5.41) is 1.54. The van der Waals surface area contributed by atoms with Gasteiger partial charge in [0, 0.05) is 30.9 Å². The fraction of sp³-hybridized carbons (Fsp3) is 0. The standard InChI is InChI=1S/C16H4F2N2S6/c17-11-3-7-5(23-11)1-9(21-7)13-19-15-16(25-13)20-14(26-15)10-2-6-8(22-10)4-12(18)24-6/h1-4H. The highest BCUT2D eigenvalue weighted by atomic mass is 32.1. The molecule has 0 fully saturated rings. The Morgan fingerprint density at radius 3 is 1.38 bits per heavy atom. The van der Waals surface area contributed by atoms with E-state index in [1.54, 1.807) is 57.5 Å². The van der Waals surface area contributed by atoms with Crippen molar-refractivity contribution in [3.63, 3.8) is 0 Å². The number of thiazole rings is 2. The Bertz CT molecular complexity index is 1230. The van der Waals surface area contributed by atoms with Crippen LogP contribution in [0.1, 0.15) is 0 Å². The molecular formula is C16H4F2N2S6. The summed E-state index contributed by atoms with van der Waals surface area (Å²) < 4.78 is 30.4. The first-order valence-corrected chi connectivity index (χ1v) is 12.2. The zero-order chi connectivity index (χ0) is 17.4. The maximum Gasteiger partial charge on any atom is 0.178 e. The molecule has 26 heavy (non-hydrogen) atoms. The molecule has 6 aromatic rings. The lowest BCUT2D eigenvalue weighted by molar-refractivity contribution is 0.658. The minimum atomic E-state index is -0.153. The number of rotatable bonds is 2. The number of halogens is 2. The van der Waals surface area contributed by atoms with Gasteiger partial charge in [-0.2, -0.15) is 8.78 Å². The second-order valence-electron chi connectivity index (χ2n) is 5.43. The summed E-state index contributed by atoms with van der Waals surface area (Å²) in [6, 6.07) is 7.15. The number of thiophene rings is 4. The van der Waals surface area contributed by atoms with Crippen LogP contribution in [0.3, 0.4) is 0 Å². The first-order valence-electron chi connectivity index (χ1n) is 7.28. The van der Waals surface area contributed by atoms with Gasteiger partial charge in [0.05, 0.1) is 9.75 Å². The van der Waals surface area contributed by atoms with Gasteiger partial charge in [0.1, 0.15) is 10.0 Å². The predicted octanol–water partition coefficient (Wildman–Crippen LogP) is 7.92. The van der Waals surface area contributed by atoms with Gasteiger partial charge in [0.15, 0.2) is 19.9 Å². The molecule has 0 aliphatic carbocycles. The number of hydrogen-bond donors (Lipinski definition) is 0. The van der Waals surface area contributed by atoms with E-state index < -0.39 is 0 Å². The number of hydrogen-bond acceptors (Lipinski definition) is 8. The second-order valence-corrected chi connectivity index (χ2v) is 11.6. The molecule has 0 radical (unpaired) electrons. The quantitative estimate of drug-likeness (QED) is 0.266. The molecule has 0 saturated heterocycles. The number of aromatic nitrogens is 2. The van der Waals surface area contributed by atoms with E-state index in [0.717, 1.165) is 70.9 Å². The van der Waals surface area contributed by atoms with Gasteiger partial charge in [-0.1, -0.05) is 22.7 Å². The zero-order valence-corrected chi connectivity index (χ0v) is 17.3. The van der Waals surface area contributed by atoms with Crippen LogP contribution in [0.15, 0.2) is 24.3 Å². The van der Waals surface area contributed by atoms with Crippen molar-refractivity contribution in [1.82, 2.24) is 9.97 Å². The minimum absolute atomic E-state index is 0.153.